The van der Waals surface area contributed by atoms with E-state index in [4.69, 9.17) is 16.7 Å². The van der Waals surface area contributed by atoms with Crippen LogP contribution in [-0.4, -0.2) is 38.6 Å². The van der Waals surface area contributed by atoms with Crippen molar-refractivity contribution >= 4 is 46.6 Å². The van der Waals surface area contributed by atoms with E-state index >= 15 is 0 Å². The lowest BCUT2D eigenvalue weighted by molar-refractivity contribution is -0.133. The van der Waals surface area contributed by atoms with Crippen LogP contribution >= 0.6 is 34.7 Å². The highest BCUT2D eigenvalue weighted by atomic mass is 35.5. The SMILES string of the molecule is CCn1c(SCC(=O)O)nnc1N(C)Cc1ccc(Cl)s1. The fourth-order valence-corrected chi connectivity index (χ4v) is 3.67. The topological polar surface area (TPSA) is 71.2 Å². The van der Waals surface area contributed by atoms with Gasteiger partial charge >= 0.3 is 5.97 Å². The fraction of sp³-hybridized carbons (Fsp3) is 0.417. The summed E-state index contributed by atoms with van der Waals surface area (Å²) in [5, 5.41) is 17.6. The average molecular weight is 347 g/mol. The van der Waals surface area contributed by atoms with Crippen LogP contribution in [0.3, 0.4) is 0 Å². The Morgan fingerprint density at radius 1 is 1.52 bits per heavy atom. The van der Waals surface area contributed by atoms with E-state index < -0.39 is 5.97 Å². The maximum atomic E-state index is 10.7. The van der Waals surface area contributed by atoms with Crippen molar-refractivity contribution in [3.63, 3.8) is 0 Å². The summed E-state index contributed by atoms with van der Waals surface area (Å²) in [5.41, 5.74) is 0. The Hall–Kier alpha value is -1.25. The molecule has 0 radical (unpaired) electrons. The van der Waals surface area contributed by atoms with Crippen LogP contribution in [0, 0.1) is 0 Å². The Labute approximate surface area is 135 Å². The normalized spacial score (nSPS) is 10.8. The Bertz CT molecular complexity index is 629. The number of rotatable bonds is 7. The highest BCUT2D eigenvalue weighted by molar-refractivity contribution is 7.99. The highest BCUT2D eigenvalue weighted by Crippen LogP contribution is 2.25. The zero-order valence-corrected chi connectivity index (χ0v) is 14.0. The van der Waals surface area contributed by atoms with E-state index in [1.54, 1.807) is 0 Å². The molecule has 9 heteroatoms. The molecule has 0 saturated heterocycles. The first-order valence-electron chi connectivity index (χ1n) is 6.24. The van der Waals surface area contributed by atoms with E-state index in [0.717, 1.165) is 15.2 Å². The molecule has 0 aromatic carbocycles. The molecule has 0 amide bonds. The van der Waals surface area contributed by atoms with Crippen LogP contribution < -0.4 is 4.90 Å². The Kier molecular flexibility index (Phi) is 5.49. The van der Waals surface area contributed by atoms with Gasteiger partial charge in [-0.05, 0) is 19.1 Å². The summed E-state index contributed by atoms with van der Waals surface area (Å²) in [4.78, 5) is 13.8. The molecule has 0 bridgehead atoms. The summed E-state index contributed by atoms with van der Waals surface area (Å²) in [5.74, 6) is -0.175. The van der Waals surface area contributed by atoms with E-state index in [0.29, 0.717) is 18.2 Å². The fourth-order valence-electron chi connectivity index (χ4n) is 1.81. The van der Waals surface area contributed by atoms with Crippen LogP contribution in [0.25, 0.3) is 0 Å². The second-order valence-corrected chi connectivity index (χ2v) is 7.01. The zero-order valence-electron chi connectivity index (χ0n) is 11.6. The highest BCUT2D eigenvalue weighted by Gasteiger charge is 2.16. The van der Waals surface area contributed by atoms with Gasteiger partial charge < -0.3 is 10.0 Å². The molecular weight excluding hydrogens is 332 g/mol. The molecule has 0 aliphatic carbocycles. The summed E-state index contributed by atoms with van der Waals surface area (Å²) in [6, 6.07) is 3.85. The number of aliphatic carboxylic acids is 1. The number of carbonyl (C=O) groups is 1. The first-order chi connectivity index (χ1) is 10.0. The Morgan fingerprint density at radius 2 is 2.29 bits per heavy atom. The second-order valence-electron chi connectivity index (χ2n) is 4.27. The van der Waals surface area contributed by atoms with Crippen molar-refractivity contribution in [1.82, 2.24) is 14.8 Å². The third-order valence-electron chi connectivity index (χ3n) is 2.70. The molecule has 114 valence electrons. The van der Waals surface area contributed by atoms with Crippen molar-refractivity contribution in [3.8, 4) is 0 Å². The van der Waals surface area contributed by atoms with Crippen LogP contribution in [0.1, 0.15) is 11.8 Å². The number of nitrogens with zero attached hydrogens (tertiary/aromatic N) is 4. The molecule has 21 heavy (non-hydrogen) atoms. The number of thiophene rings is 1. The predicted octanol–water partition coefficient (Wildman–Crippen LogP) is 2.83. The van der Waals surface area contributed by atoms with E-state index in [1.807, 2.05) is 35.6 Å². The van der Waals surface area contributed by atoms with Crippen molar-refractivity contribution in [2.45, 2.75) is 25.2 Å². The van der Waals surface area contributed by atoms with Gasteiger partial charge in [-0.15, -0.1) is 21.5 Å². The number of hydrogen-bond donors (Lipinski definition) is 1. The first kappa shape index (κ1) is 16.1. The van der Waals surface area contributed by atoms with Crippen LogP contribution in [-0.2, 0) is 17.9 Å². The molecular formula is C12H15ClN4O2S2. The third-order valence-corrected chi connectivity index (χ3v) is 4.87. The lowest BCUT2D eigenvalue weighted by atomic mass is 10.4. The predicted molar refractivity (Wildman–Crippen MR) is 85.5 cm³/mol. The van der Waals surface area contributed by atoms with Gasteiger partial charge in [0.05, 0.1) is 16.6 Å². The first-order valence-corrected chi connectivity index (χ1v) is 8.42. The summed E-state index contributed by atoms with van der Waals surface area (Å²) in [7, 11) is 1.93. The van der Waals surface area contributed by atoms with E-state index in [1.165, 1.54) is 23.1 Å². The van der Waals surface area contributed by atoms with Crippen molar-refractivity contribution < 1.29 is 9.90 Å². The monoisotopic (exact) mass is 346 g/mol. The van der Waals surface area contributed by atoms with E-state index in [9.17, 15) is 4.79 Å². The smallest absolute Gasteiger partial charge is 0.313 e. The number of anilines is 1. The van der Waals surface area contributed by atoms with Crippen LogP contribution in [0.5, 0.6) is 0 Å². The number of halogens is 1. The lowest BCUT2D eigenvalue weighted by Crippen LogP contribution is -2.20. The molecule has 2 rings (SSSR count). The van der Waals surface area contributed by atoms with Gasteiger partial charge in [0.25, 0.3) is 0 Å². The molecule has 2 heterocycles. The van der Waals surface area contributed by atoms with Crippen molar-refractivity contribution in [2.75, 3.05) is 17.7 Å². The minimum atomic E-state index is -0.867. The molecule has 0 unspecified atom stereocenters. The second kappa shape index (κ2) is 7.15. The van der Waals surface area contributed by atoms with Crippen molar-refractivity contribution in [3.05, 3.63) is 21.3 Å². The summed E-state index contributed by atoms with van der Waals surface area (Å²) >= 11 is 8.63. The van der Waals surface area contributed by atoms with Gasteiger partial charge in [-0.2, -0.15) is 0 Å². The maximum absolute atomic E-state index is 10.7. The molecule has 0 aliphatic rings. The zero-order chi connectivity index (χ0) is 15.4. The average Bonchev–Trinajstić information content (AvgIpc) is 3.02. The molecule has 2 aromatic heterocycles. The third kappa shape index (κ3) is 4.12. The largest absolute Gasteiger partial charge is 0.481 e. The maximum Gasteiger partial charge on any atom is 0.313 e. The number of hydrogen-bond acceptors (Lipinski definition) is 6. The Balaban J connectivity index is 2.13. The van der Waals surface area contributed by atoms with Gasteiger partial charge in [0, 0.05) is 18.5 Å². The van der Waals surface area contributed by atoms with Gasteiger partial charge in [-0.1, -0.05) is 23.4 Å². The standard InChI is InChI=1S/C12H15ClN4O2S2/c1-3-17-11(14-15-12(17)20-7-10(18)19)16(2)6-8-4-5-9(13)21-8/h4-5H,3,6-7H2,1-2H3,(H,18,19). The minimum absolute atomic E-state index is 0.0254. The van der Waals surface area contributed by atoms with Gasteiger partial charge in [0.2, 0.25) is 5.95 Å². The summed E-state index contributed by atoms with van der Waals surface area (Å²) in [6.07, 6.45) is 0. The van der Waals surface area contributed by atoms with Gasteiger partial charge in [-0.3, -0.25) is 9.36 Å². The molecule has 6 nitrogen and oxygen atoms in total. The van der Waals surface area contributed by atoms with Crippen LogP contribution in [0.15, 0.2) is 17.3 Å². The van der Waals surface area contributed by atoms with E-state index in [2.05, 4.69) is 10.2 Å². The van der Waals surface area contributed by atoms with Gasteiger partial charge in [0.15, 0.2) is 5.16 Å². The molecule has 0 atom stereocenters. The molecule has 0 saturated carbocycles. The molecule has 0 aliphatic heterocycles. The number of carboxylic acid groups (broad SMARTS) is 1. The van der Waals surface area contributed by atoms with Crippen LogP contribution in [0.2, 0.25) is 4.34 Å². The van der Waals surface area contributed by atoms with Gasteiger partial charge in [0.1, 0.15) is 0 Å². The molecule has 0 spiro atoms. The van der Waals surface area contributed by atoms with Crippen LogP contribution in [0.4, 0.5) is 5.95 Å². The van der Waals surface area contributed by atoms with Crippen molar-refractivity contribution in [1.29, 1.82) is 0 Å². The van der Waals surface area contributed by atoms with Crippen molar-refractivity contribution in [2.24, 2.45) is 0 Å². The number of aromatic nitrogens is 3. The summed E-state index contributed by atoms with van der Waals surface area (Å²) < 4.78 is 2.66. The van der Waals surface area contributed by atoms with Gasteiger partial charge in [-0.25, -0.2) is 0 Å². The quantitative estimate of drug-likeness (QED) is 0.777. The lowest BCUT2D eigenvalue weighted by Gasteiger charge is -2.18. The number of thioether (sulfide) groups is 1. The molecule has 2 aromatic rings. The molecule has 0 fully saturated rings. The summed E-state index contributed by atoms with van der Waals surface area (Å²) in [6.45, 7) is 3.34. The minimum Gasteiger partial charge on any atom is -0.481 e. The number of carboxylic acids is 1. The Morgan fingerprint density at radius 3 is 2.86 bits per heavy atom. The molecule has 1 N–H and O–H groups in total. The van der Waals surface area contributed by atoms with E-state index in [-0.39, 0.29) is 5.75 Å².